The number of carbonyl (C=O) groups excluding carboxylic acids is 1. The Bertz CT molecular complexity index is 1310. The van der Waals surface area contributed by atoms with Crippen molar-refractivity contribution in [1.29, 1.82) is 0 Å². The summed E-state index contributed by atoms with van der Waals surface area (Å²) in [5.41, 5.74) is 5.70. The van der Waals surface area contributed by atoms with E-state index in [1.807, 2.05) is 24.3 Å². The molecule has 5 nitrogen and oxygen atoms in total. The van der Waals surface area contributed by atoms with Gasteiger partial charge in [0.05, 0.1) is 18.8 Å². The van der Waals surface area contributed by atoms with Crippen LogP contribution in [0.15, 0.2) is 72.8 Å². The number of hydrogen-bond donors (Lipinski definition) is 1. The van der Waals surface area contributed by atoms with Gasteiger partial charge in [-0.1, -0.05) is 50.2 Å². The van der Waals surface area contributed by atoms with Crippen LogP contribution < -0.4 is 9.64 Å². The number of aromatic amines is 1. The summed E-state index contributed by atoms with van der Waals surface area (Å²) >= 11 is 0. The molecular formula is C28H26FN3O2. The number of nitrogens with zero attached hydrogens (tertiary/aromatic N) is 2. The van der Waals surface area contributed by atoms with E-state index in [1.54, 1.807) is 24.1 Å². The number of nitrogens with one attached hydrogen (secondary N) is 1. The minimum atomic E-state index is -0.444. The Kier molecular flexibility index (Phi) is 5.65. The second kappa shape index (κ2) is 8.78. The molecule has 3 aromatic carbocycles. The standard InChI is InChI=1S/C28H26FN3O2/c1-17(2)16-18-4-6-19(7-5-18)25-24-26(31-30-25)28(33)32(22-12-14-23(34-3)15-13-22)27(24)20-8-10-21(29)11-9-20/h4-15,17,27H,16H2,1-3H3,(H,30,31). The van der Waals surface area contributed by atoms with Crippen LogP contribution in [0.3, 0.4) is 0 Å². The molecule has 1 aliphatic heterocycles. The molecule has 0 radical (unpaired) electrons. The van der Waals surface area contributed by atoms with Crippen molar-refractivity contribution in [3.63, 3.8) is 0 Å². The maximum Gasteiger partial charge on any atom is 0.277 e. The van der Waals surface area contributed by atoms with E-state index in [1.165, 1.54) is 17.7 Å². The normalized spacial score (nSPS) is 15.1. The summed E-state index contributed by atoms with van der Waals surface area (Å²) in [6.45, 7) is 4.39. The predicted molar refractivity (Wildman–Crippen MR) is 131 cm³/mol. The van der Waals surface area contributed by atoms with Gasteiger partial charge in [-0.25, -0.2) is 4.39 Å². The summed E-state index contributed by atoms with van der Waals surface area (Å²) in [5.74, 6) is 0.775. The second-order valence-electron chi connectivity index (χ2n) is 8.98. The first kappa shape index (κ1) is 21.9. The lowest BCUT2D eigenvalue weighted by Crippen LogP contribution is -2.29. The van der Waals surface area contributed by atoms with Crippen molar-refractivity contribution in [1.82, 2.24) is 10.2 Å². The first-order chi connectivity index (χ1) is 16.5. The molecule has 5 rings (SSSR count). The predicted octanol–water partition coefficient (Wildman–Crippen LogP) is 6.17. The van der Waals surface area contributed by atoms with E-state index >= 15 is 0 Å². The lowest BCUT2D eigenvalue weighted by molar-refractivity contribution is 0.0988. The van der Waals surface area contributed by atoms with E-state index in [4.69, 9.17) is 4.74 Å². The Balaban J connectivity index is 1.62. The van der Waals surface area contributed by atoms with Crippen LogP contribution >= 0.6 is 0 Å². The summed E-state index contributed by atoms with van der Waals surface area (Å²) in [5, 5.41) is 7.51. The molecule has 1 unspecified atom stereocenters. The fourth-order valence-electron chi connectivity index (χ4n) is 4.61. The SMILES string of the molecule is COc1ccc(N2C(=O)c3[nH]nc(-c4ccc(CC(C)C)cc4)c3C2c2ccc(F)cc2)cc1. The number of hydrogen-bond acceptors (Lipinski definition) is 3. The van der Waals surface area contributed by atoms with Gasteiger partial charge in [-0.15, -0.1) is 0 Å². The number of carbonyl (C=O) groups is 1. The lowest BCUT2D eigenvalue weighted by Gasteiger charge is -2.26. The number of aromatic nitrogens is 2. The molecule has 0 spiro atoms. The van der Waals surface area contributed by atoms with Crippen LogP contribution in [-0.2, 0) is 6.42 Å². The highest BCUT2D eigenvalue weighted by Crippen LogP contribution is 2.45. The quantitative estimate of drug-likeness (QED) is 0.378. The van der Waals surface area contributed by atoms with Crippen molar-refractivity contribution in [2.75, 3.05) is 12.0 Å². The van der Waals surface area contributed by atoms with Gasteiger partial charge < -0.3 is 4.74 Å². The van der Waals surface area contributed by atoms with Gasteiger partial charge in [0.1, 0.15) is 17.3 Å². The third kappa shape index (κ3) is 3.85. The average molecular weight is 456 g/mol. The summed E-state index contributed by atoms with van der Waals surface area (Å²) in [4.78, 5) is 15.3. The van der Waals surface area contributed by atoms with Crippen molar-refractivity contribution in [3.05, 3.63) is 101 Å². The zero-order valence-electron chi connectivity index (χ0n) is 19.4. The molecule has 0 saturated carbocycles. The largest absolute Gasteiger partial charge is 0.497 e. The summed E-state index contributed by atoms with van der Waals surface area (Å²) in [7, 11) is 1.60. The van der Waals surface area contributed by atoms with Crippen molar-refractivity contribution in [2.24, 2.45) is 5.92 Å². The summed E-state index contributed by atoms with van der Waals surface area (Å²) < 4.78 is 19.0. The molecule has 2 heterocycles. The number of ether oxygens (including phenoxy) is 1. The van der Waals surface area contributed by atoms with E-state index < -0.39 is 6.04 Å². The number of fused-ring (bicyclic) bond motifs is 1. The zero-order valence-corrected chi connectivity index (χ0v) is 19.4. The molecule has 0 saturated heterocycles. The molecule has 1 aliphatic rings. The molecule has 6 heteroatoms. The molecular weight excluding hydrogens is 429 g/mol. The van der Waals surface area contributed by atoms with Gasteiger partial charge in [0, 0.05) is 16.8 Å². The van der Waals surface area contributed by atoms with Crippen molar-refractivity contribution >= 4 is 11.6 Å². The number of benzene rings is 3. The molecule has 0 bridgehead atoms. The Hall–Kier alpha value is -3.93. The third-order valence-electron chi connectivity index (χ3n) is 6.18. The number of halogens is 1. The van der Waals surface area contributed by atoms with Gasteiger partial charge >= 0.3 is 0 Å². The van der Waals surface area contributed by atoms with Crippen LogP contribution in [0.1, 0.15) is 47.1 Å². The number of amides is 1. The van der Waals surface area contributed by atoms with Crippen molar-refractivity contribution < 1.29 is 13.9 Å². The Morgan fingerprint density at radius 3 is 2.29 bits per heavy atom. The van der Waals surface area contributed by atoms with E-state index in [2.05, 4.69) is 48.3 Å². The highest BCUT2D eigenvalue weighted by Gasteiger charge is 2.43. The lowest BCUT2D eigenvalue weighted by atomic mass is 9.94. The summed E-state index contributed by atoms with van der Waals surface area (Å²) in [6, 6.07) is 21.5. The van der Waals surface area contributed by atoms with Gasteiger partial charge in [-0.3, -0.25) is 14.8 Å². The van der Waals surface area contributed by atoms with Gasteiger partial charge in [-0.2, -0.15) is 5.10 Å². The first-order valence-corrected chi connectivity index (χ1v) is 11.4. The minimum Gasteiger partial charge on any atom is -0.497 e. The molecule has 4 aromatic rings. The molecule has 1 amide bonds. The van der Waals surface area contributed by atoms with Crippen LogP contribution in [-0.4, -0.2) is 23.2 Å². The smallest absolute Gasteiger partial charge is 0.277 e. The molecule has 1 atom stereocenters. The third-order valence-corrected chi connectivity index (χ3v) is 6.18. The van der Waals surface area contributed by atoms with Crippen LogP contribution in [0.5, 0.6) is 5.75 Å². The van der Waals surface area contributed by atoms with E-state index in [0.29, 0.717) is 17.4 Å². The molecule has 172 valence electrons. The molecule has 0 aliphatic carbocycles. The Morgan fingerprint density at radius 1 is 1.00 bits per heavy atom. The highest BCUT2D eigenvalue weighted by molar-refractivity contribution is 6.11. The molecule has 1 aromatic heterocycles. The van der Waals surface area contributed by atoms with Gasteiger partial charge in [-0.05, 0) is 59.9 Å². The number of anilines is 1. The first-order valence-electron chi connectivity index (χ1n) is 11.4. The van der Waals surface area contributed by atoms with Gasteiger partial charge in [0.2, 0.25) is 0 Å². The van der Waals surface area contributed by atoms with Crippen LogP contribution in [0, 0.1) is 11.7 Å². The van der Waals surface area contributed by atoms with Crippen LogP contribution in [0.2, 0.25) is 0 Å². The van der Waals surface area contributed by atoms with E-state index in [-0.39, 0.29) is 11.7 Å². The number of rotatable bonds is 6. The maximum atomic E-state index is 13.7. The minimum absolute atomic E-state index is 0.176. The number of methoxy groups -OCH3 is 1. The fourth-order valence-corrected chi connectivity index (χ4v) is 4.61. The monoisotopic (exact) mass is 455 g/mol. The highest BCUT2D eigenvalue weighted by atomic mass is 19.1. The fraction of sp³-hybridized carbons (Fsp3) is 0.214. The van der Waals surface area contributed by atoms with Crippen LogP contribution in [0.4, 0.5) is 10.1 Å². The second-order valence-corrected chi connectivity index (χ2v) is 8.98. The molecule has 1 N–H and O–H groups in total. The number of H-pyrrole nitrogens is 1. The van der Waals surface area contributed by atoms with Crippen molar-refractivity contribution in [3.8, 4) is 17.0 Å². The van der Waals surface area contributed by atoms with E-state index in [9.17, 15) is 9.18 Å². The topological polar surface area (TPSA) is 58.2 Å². The summed E-state index contributed by atoms with van der Waals surface area (Å²) in [6.07, 6.45) is 1.00. The molecule has 34 heavy (non-hydrogen) atoms. The van der Waals surface area contributed by atoms with Gasteiger partial charge in [0.25, 0.3) is 5.91 Å². The zero-order chi connectivity index (χ0) is 23.8. The average Bonchev–Trinajstić information content (AvgIpc) is 3.39. The Morgan fingerprint density at radius 2 is 1.68 bits per heavy atom. The van der Waals surface area contributed by atoms with Crippen LogP contribution in [0.25, 0.3) is 11.3 Å². The van der Waals surface area contributed by atoms with Gasteiger partial charge in [0.15, 0.2) is 0 Å². The maximum absolute atomic E-state index is 13.7. The van der Waals surface area contributed by atoms with Crippen molar-refractivity contribution in [2.45, 2.75) is 26.3 Å². The molecule has 0 fully saturated rings. The van der Waals surface area contributed by atoms with E-state index in [0.717, 1.165) is 34.5 Å². The Labute approximate surface area is 198 Å².